The van der Waals surface area contributed by atoms with Gasteiger partial charge in [-0.3, -0.25) is 4.79 Å². The topological polar surface area (TPSA) is 78.4 Å². The van der Waals surface area contributed by atoms with Crippen LogP contribution in [0.25, 0.3) is 0 Å². The van der Waals surface area contributed by atoms with Crippen LogP contribution in [0.3, 0.4) is 0 Å². The van der Waals surface area contributed by atoms with Gasteiger partial charge in [0.15, 0.2) is 5.41 Å². The molecule has 1 aliphatic rings. The van der Waals surface area contributed by atoms with E-state index in [9.17, 15) is 22.8 Å². The first-order valence-corrected chi connectivity index (χ1v) is 6.47. The van der Waals surface area contributed by atoms with E-state index in [1.54, 1.807) is 13.8 Å². The maximum absolute atomic E-state index is 13.2. The molecule has 0 aliphatic carbocycles. The average molecular weight is 296 g/mol. The van der Waals surface area contributed by atoms with Crippen LogP contribution >= 0.6 is 0 Å². The van der Waals surface area contributed by atoms with Gasteiger partial charge in [0.2, 0.25) is 5.91 Å². The second kappa shape index (κ2) is 5.99. The van der Waals surface area contributed by atoms with Gasteiger partial charge in [-0.2, -0.15) is 13.2 Å². The lowest BCUT2D eigenvalue weighted by molar-refractivity contribution is -0.216. The lowest BCUT2D eigenvalue weighted by atomic mass is 9.84. The largest absolute Gasteiger partial charge is 0.480 e. The number of carboxylic acid groups (broad SMARTS) is 1. The third-order valence-electron chi connectivity index (χ3n) is 3.90. The molecule has 0 bridgehead atoms. The van der Waals surface area contributed by atoms with Crippen molar-refractivity contribution in [3.8, 4) is 0 Å². The second-order valence-electron chi connectivity index (χ2n) is 5.18. The number of carboxylic acids is 1. The molecule has 0 aromatic rings. The number of rotatable bonds is 5. The van der Waals surface area contributed by atoms with E-state index in [1.807, 2.05) is 0 Å². The van der Waals surface area contributed by atoms with Crippen LogP contribution in [0, 0.1) is 11.3 Å². The summed E-state index contributed by atoms with van der Waals surface area (Å²) in [5, 5.41) is 13.6. The Morgan fingerprint density at radius 2 is 2.05 bits per heavy atom. The molecule has 1 saturated heterocycles. The molecule has 8 heteroatoms. The van der Waals surface area contributed by atoms with Gasteiger partial charge in [0, 0.05) is 6.54 Å². The summed E-state index contributed by atoms with van der Waals surface area (Å²) in [6.45, 7) is 2.85. The van der Waals surface area contributed by atoms with Crippen LogP contribution in [0.5, 0.6) is 0 Å². The molecule has 0 spiro atoms. The summed E-state index contributed by atoms with van der Waals surface area (Å²) in [5.41, 5.74) is -2.53. The van der Waals surface area contributed by atoms with Crippen molar-refractivity contribution >= 4 is 11.9 Å². The van der Waals surface area contributed by atoms with Gasteiger partial charge in [0.25, 0.3) is 0 Å². The minimum absolute atomic E-state index is 0.0774. The monoisotopic (exact) mass is 296 g/mol. The van der Waals surface area contributed by atoms with Crippen molar-refractivity contribution in [2.45, 2.75) is 38.9 Å². The third-order valence-corrected chi connectivity index (χ3v) is 3.90. The molecule has 1 amide bonds. The molecule has 20 heavy (non-hydrogen) atoms. The van der Waals surface area contributed by atoms with Crippen LogP contribution in [0.4, 0.5) is 13.2 Å². The molecule has 1 unspecified atom stereocenters. The molecule has 0 aromatic heterocycles. The molecule has 3 atom stereocenters. The Kier molecular flexibility index (Phi) is 5.01. The quantitative estimate of drug-likeness (QED) is 0.711. The lowest BCUT2D eigenvalue weighted by Gasteiger charge is -2.31. The van der Waals surface area contributed by atoms with E-state index in [4.69, 9.17) is 5.11 Å². The Bertz CT molecular complexity index is 379. The maximum Gasteiger partial charge on any atom is 0.404 e. The Hall–Kier alpha value is -1.31. The summed E-state index contributed by atoms with van der Waals surface area (Å²) in [6.07, 6.45) is -4.65. The summed E-state index contributed by atoms with van der Waals surface area (Å²) in [5.74, 6) is -3.03. The minimum atomic E-state index is -4.71. The van der Waals surface area contributed by atoms with Gasteiger partial charge in [0.05, 0.1) is 0 Å². The highest BCUT2D eigenvalue weighted by Gasteiger charge is 2.61. The fourth-order valence-electron chi connectivity index (χ4n) is 2.22. The summed E-state index contributed by atoms with van der Waals surface area (Å²) in [6, 6.07) is -1.31. The van der Waals surface area contributed by atoms with E-state index in [-0.39, 0.29) is 13.0 Å². The van der Waals surface area contributed by atoms with Crippen LogP contribution in [0.2, 0.25) is 0 Å². The van der Waals surface area contributed by atoms with Crippen LogP contribution in [0.15, 0.2) is 0 Å². The summed E-state index contributed by atoms with van der Waals surface area (Å²) in [4.78, 5) is 23.1. The molecule has 116 valence electrons. The normalized spacial score (nSPS) is 26.1. The predicted octanol–water partition coefficient (Wildman–Crippen LogP) is 1.14. The van der Waals surface area contributed by atoms with Gasteiger partial charge in [-0.05, 0) is 18.9 Å². The zero-order valence-corrected chi connectivity index (χ0v) is 11.4. The predicted molar refractivity (Wildman–Crippen MR) is 65.0 cm³/mol. The summed E-state index contributed by atoms with van der Waals surface area (Å²) in [7, 11) is 0. The molecule has 1 fully saturated rings. The number of amides is 1. The number of hydrogen-bond donors (Lipinski definition) is 3. The third kappa shape index (κ3) is 3.05. The lowest BCUT2D eigenvalue weighted by Crippen LogP contribution is -2.57. The standard InChI is InChI=1S/C12H19F3N2O3/c1-3-7(2)8(9(18)19)17-10(20)11(12(13,14)15)4-5-16-6-11/h7-8,16H,3-6H2,1-2H3,(H,17,20)(H,18,19)/t7-,8-,11?/m0/s1. The smallest absolute Gasteiger partial charge is 0.404 e. The molecule has 1 heterocycles. The molecule has 3 N–H and O–H groups in total. The molecular formula is C12H19F3N2O3. The number of nitrogens with one attached hydrogen (secondary N) is 2. The minimum Gasteiger partial charge on any atom is -0.480 e. The first-order chi connectivity index (χ1) is 9.15. The van der Waals surface area contributed by atoms with Crippen LogP contribution < -0.4 is 10.6 Å². The molecule has 0 aromatic carbocycles. The number of halogens is 3. The van der Waals surface area contributed by atoms with Gasteiger partial charge >= 0.3 is 12.1 Å². The maximum atomic E-state index is 13.2. The average Bonchev–Trinajstić information content (AvgIpc) is 2.84. The van der Waals surface area contributed by atoms with Gasteiger partial charge < -0.3 is 15.7 Å². The highest BCUT2D eigenvalue weighted by molar-refractivity contribution is 5.88. The second-order valence-corrected chi connectivity index (χ2v) is 5.18. The highest BCUT2D eigenvalue weighted by Crippen LogP contribution is 2.43. The first kappa shape index (κ1) is 16.7. The van der Waals surface area contributed by atoms with Gasteiger partial charge in [0.1, 0.15) is 6.04 Å². The molecule has 1 rings (SSSR count). The fraction of sp³-hybridized carbons (Fsp3) is 0.833. The van der Waals surface area contributed by atoms with Gasteiger partial charge in [-0.15, -0.1) is 0 Å². The summed E-state index contributed by atoms with van der Waals surface area (Å²) < 4.78 is 39.5. The van der Waals surface area contributed by atoms with Crippen molar-refractivity contribution in [2.75, 3.05) is 13.1 Å². The van der Waals surface area contributed by atoms with Crippen molar-refractivity contribution < 1.29 is 27.9 Å². The molecular weight excluding hydrogens is 277 g/mol. The van der Waals surface area contributed by atoms with Crippen LogP contribution in [-0.2, 0) is 9.59 Å². The SMILES string of the molecule is CC[C@H](C)[C@H](NC(=O)C1(C(F)(F)F)CCNC1)C(=O)O. The van der Waals surface area contributed by atoms with E-state index >= 15 is 0 Å². The molecule has 1 aliphatic heterocycles. The van der Waals surface area contributed by atoms with Crippen LogP contribution in [-0.4, -0.2) is 42.3 Å². The van der Waals surface area contributed by atoms with Crippen molar-refractivity contribution in [2.24, 2.45) is 11.3 Å². The van der Waals surface area contributed by atoms with Crippen molar-refractivity contribution in [1.29, 1.82) is 0 Å². The number of aliphatic carboxylic acids is 1. The van der Waals surface area contributed by atoms with Gasteiger partial charge in [-0.25, -0.2) is 4.79 Å². The Morgan fingerprint density at radius 3 is 2.40 bits per heavy atom. The Morgan fingerprint density at radius 1 is 1.45 bits per heavy atom. The Labute approximate surface area is 114 Å². The fourth-order valence-corrected chi connectivity index (χ4v) is 2.22. The zero-order valence-electron chi connectivity index (χ0n) is 11.4. The zero-order chi connectivity index (χ0) is 15.6. The highest BCUT2D eigenvalue weighted by atomic mass is 19.4. The number of hydrogen-bond acceptors (Lipinski definition) is 3. The van der Waals surface area contributed by atoms with E-state index in [0.29, 0.717) is 6.42 Å². The first-order valence-electron chi connectivity index (χ1n) is 6.47. The molecule has 0 radical (unpaired) electrons. The van der Waals surface area contributed by atoms with Crippen molar-refractivity contribution in [1.82, 2.24) is 10.6 Å². The molecule has 5 nitrogen and oxygen atoms in total. The van der Waals surface area contributed by atoms with Crippen LogP contribution in [0.1, 0.15) is 26.7 Å². The number of carbonyl (C=O) groups is 2. The van der Waals surface area contributed by atoms with E-state index in [2.05, 4.69) is 10.6 Å². The summed E-state index contributed by atoms with van der Waals surface area (Å²) >= 11 is 0. The van der Waals surface area contributed by atoms with E-state index < -0.39 is 42.0 Å². The van der Waals surface area contributed by atoms with Crippen molar-refractivity contribution in [3.05, 3.63) is 0 Å². The van der Waals surface area contributed by atoms with Gasteiger partial charge in [-0.1, -0.05) is 20.3 Å². The van der Waals surface area contributed by atoms with E-state index in [1.165, 1.54) is 0 Å². The van der Waals surface area contributed by atoms with E-state index in [0.717, 1.165) is 0 Å². The van der Waals surface area contributed by atoms with Crippen molar-refractivity contribution in [3.63, 3.8) is 0 Å². The number of carbonyl (C=O) groups excluding carboxylic acids is 1. The Balaban J connectivity index is 2.94. The molecule has 0 saturated carbocycles. The number of alkyl halides is 3.